The second-order valence-electron chi connectivity index (χ2n) is 4.11. The lowest BCUT2D eigenvalue weighted by Crippen LogP contribution is -1.79. The number of nitrogens with zero attached hydrogens (tertiary/aromatic N) is 1. The van der Waals surface area contributed by atoms with Gasteiger partial charge in [0.15, 0.2) is 0 Å². The van der Waals surface area contributed by atoms with Gasteiger partial charge in [0.2, 0.25) is 0 Å². The molecule has 0 radical (unpaired) electrons. The maximum Gasteiger partial charge on any atom is 0.0908 e. The number of unbranched alkanes of at least 4 members (excludes halogenated alkanes) is 7. The fourth-order valence-corrected chi connectivity index (χ4v) is 1.65. The van der Waals surface area contributed by atoms with Crippen LogP contribution in [-0.4, -0.2) is 0 Å². The predicted molar refractivity (Wildman–Crippen MR) is 71.1 cm³/mol. The Hall–Kier alpha value is -1.03. The Morgan fingerprint density at radius 3 is 1.94 bits per heavy atom. The van der Waals surface area contributed by atoms with E-state index in [9.17, 15) is 0 Å². The minimum atomic E-state index is 1.06. The Balaban J connectivity index is 3.02. The molecule has 0 atom stereocenters. The highest BCUT2D eigenvalue weighted by Gasteiger charge is 1.89. The van der Waals surface area contributed by atoms with E-state index in [1.54, 1.807) is 6.08 Å². The molecule has 0 aromatic rings. The summed E-state index contributed by atoms with van der Waals surface area (Å²) < 4.78 is 0. The topological polar surface area (TPSA) is 23.8 Å². The van der Waals surface area contributed by atoms with Crippen molar-refractivity contribution in [3.05, 3.63) is 24.3 Å². The van der Waals surface area contributed by atoms with Crippen molar-refractivity contribution in [2.24, 2.45) is 0 Å². The van der Waals surface area contributed by atoms with Gasteiger partial charge in [0, 0.05) is 6.08 Å². The second-order valence-corrected chi connectivity index (χ2v) is 4.11. The summed E-state index contributed by atoms with van der Waals surface area (Å²) in [6, 6.07) is 2.02. The lowest BCUT2D eigenvalue weighted by molar-refractivity contribution is 0.600. The summed E-state index contributed by atoms with van der Waals surface area (Å²) in [5, 5.41) is 8.29. The van der Waals surface area contributed by atoms with Crippen molar-refractivity contribution in [3.63, 3.8) is 0 Å². The fourth-order valence-electron chi connectivity index (χ4n) is 1.65. The summed E-state index contributed by atoms with van der Waals surface area (Å²) in [6.07, 6.45) is 19.5. The molecule has 0 saturated carbocycles. The molecule has 1 nitrogen and oxygen atoms in total. The van der Waals surface area contributed by atoms with Crippen LogP contribution in [0.3, 0.4) is 0 Å². The molecule has 0 saturated heterocycles. The van der Waals surface area contributed by atoms with Gasteiger partial charge < -0.3 is 0 Å². The van der Waals surface area contributed by atoms with Gasteiger partial charge in [-0.1, -0.05) is 50.8 Å². The molecule has 0 spiro atoms. The number of allylic oxidation sites excluding steroid dienone is 4. The largest absolute Gasteiger partial charge is 0.193 e. The SMILES string of the molecule is CCC=CCCCCCCCCC=CC#N. The van der Waals surface area contributed by atoms with Gasteiger partial charge in [-0.25, -0.2) is 0 Å². The molecule has 1 heteroatoms. The van der Waals surface area contributed by atoms with E-state index >= 15 is 0 Å². The standard InChI is InChI=1S/C15H25N/c1-2-3-4-5-6-7-8-9-10-11-12-13-14-15-16/h3-4,13-14H,2,5-12H2,1H3. The Morgan fingerprint density at radius 2 is 1.38 bits per heavy atom. The third-order valence-corrected chi connectivity index (χ3v) is 2.59. The Morgan fingerprint density at radius 1 is 0.812 bits per heavy atom. The second kappa shape index (κ2) is 14.0. The molecule has 0 aliphatic carbocycles. The highest BCUT2D eigenvalue weighted by Crippen LogP contribution is 2.09. The molecule has 0 amide bonds. The van der Waals surface area contributed by atoms with Crippen molar-refractivity contribution in [2.75, 3.05) is 0 Å². The minimum absolute atomic E-state index is 1.06. The molecule has 0 heterocycles. The van der Waals surface area contributed by atoms with Crippen LogP contribution < -0.4 is 0 Å². The van der Waals surface area contributed by atoms with Crippen LogP contribution in [0.15, 0.2) is 24.3 Å². The number of rotatable bonds is 10. The summed E-state index contributed by atoms with van der Waals surface area (Å²) in [7, 11) is 0. The van der Waals surface area contributed by atoms with Crippen LogP contribution in [0.1, 0.15) is 64.7 Å². The number of hydrogen-bond acceptors (Lipinski definition) is 1. The monoisotopic (exact) mass is 219 g/mol. The van der Waals surface area contributed by atoms with Gasteiger partial charge >= 0.3 is 0 Å². The van der Waals surface area contributed by atoms with Crippen LogP contribution in [0, 0.1) is 11.3 Å². The maximum absolute atomic E-state index is 8.29. The molecule has 0 aromatic heterocycles. The fraction of sp³-hybridized carbons (Fsp3) is 0.667. The highest BCUT2D eigenvalue weighted by molar-refractivity contribution is 5.01. The van der Waals surface area contributed by atoms with Crippen molar-refractivity contribution in [1.82, 2.24) is 0 Å². The van der Waals surface area contributed by atoms with E-state index in [2.05, 4.69) is 19.1 Å². The Kier molecular flexibility index (Phi) is 13.1. The van der Waals surface area contributed by atoms with Crippen LogP contribution in [0.4, 0.5) is 0 Å². The van der Waals surface area contributed by atoms with Crippen molar-refractivity contribution < 1.29 is 0 Å². The molecule has 0 bridgehead atoms. The first-order chi connectivity index (χ1) is 7.91. The summed E-state index contributed by atoms with van der Waals surface area (Å²) in [4.78, 5) is 0. The molecule has 0 aliphatic heterocycles. The quantitative estimate of drug-likeness (QED) is 0.283. The predicted octanol–water partition coefficient (Wildman–Crippen LogP) is 5.15. The smallest absolute Gasteiger partial charge is 0.0908 e. The van der Waals surface area contributed by atoms with Crippen LogP contribution in [0.5, 0.6) is 0 Å². The van der Waals surface area contributed by atoms with E-state index in [0.29, 0.717) is 0 Å². The van der Waals surface area contributed by atoms with Gasteiger partial charge in [0.25, 0.3) is 0 Å². The minimum Gasteiger partial charge on any atom is -0.193 e. The van der Waals surface area contributed by atoms with E-state index in [1.807, 2.05) is 12.1 Å². The van der Waals surface area contributed by atoms with Gasteiger partial charge in [-0.05, 0) is 32.1 Å². The lowest BCUT2D eigenvalue weighted by Gasteiger charge is -1.98. The molecule has 0 unspecified atom stereocenters. The molecule has 0 N–H and O–H groups in total. The molecular weight excluding hydrogens is 194 g/mol. The summed E-state index contributed by atoms with van der Waals surface area (Å²) in [5.74, 6) is 0. The van der Waals surface area contributed by atoms with Crippen molar-refractivity contribution in [2.45, 2.75) is 64.7 Å². The van der Waals surface area contributed by atoms with Crippen LogP contribution in [0.25, 0.3) is 0 Å². The first kappa shape index (κ1) is 15.0. The third kappa shape index (κ3) is 13.0. The van der Waals surface area contributed by atoms with Gasteiger partial charge in [0.1, 0.15) is 0 Å². The zero-order valence-electron chi connectivity index (χ0n) is 10.6. The Bertz CT molecular complexity index is 220. The molecule has 0 rings (SSSR count). The van der Waals surface area contributed by atoms with Gasteiger partial charge in [-0.2, -0.15) is 5.26 Å². The van der Waals surface area contributed by atoms with E-state index in [1.165, 1.54) is 44.9 Å². The molecular formula is C15H25N. The van der Waals surface area contributed by atoms with Crippen LogP contribution >= 0.6 is 0 Å². The first-order valence-electron chi connectivity index (χ1n) is 6.61. The van der Waals surface area contributed by atoms with Crippen molar-refractivity contribution in [1.29, 1.82) is 5.26 Å². The first-order valence-corrected chi connectivity index (χ1v) is 6.61. The summed E-state index contributed by atoms with van der Waals surface area (Å²) in [5.41, 5.74) is 0. The molecule has 0 aliphatic rings. The average Bonchev–Trinajstić information content (AvgIpc) is 2.31. The number of hydrogen-bond donors (Lipinski definition) is 0. The zero-order chi connectivity index (χ0) is 11.9. The maximum atomic E-state index is 8.29. The van der Waals surface area contributed by atoms with Gasteiger partial charge in [-0.3, -0.25) is 0 Å². The number of nitriles is 1. The Labute approximate surface area is 101 Å². The van der Waals surface area contributed by atoms with Crippen molar-refractivity contribution in [3.8, 4) is 6.07 Å². The molecule has 16 heavy (non-hydrogen) atoms. The molecule has 0 aromatic carbocycles. The molecule has 90 valence electrons. The lowest BCUT2D eigenvalue weighted by atomic mass is 10.1. The van der Waals surface area contributed by atoms with Crippen LogP contribution in [0.2, 0.25) is 0 Å². The van der Waals surface area contributed by atoms with E-state index in [-0.39, 0.29) is 0 Å². The van der Waals surface area contributed by atoms with E-state index in [4.69, 9.17) is 5.26 Å². The van der Waals surface area contributed by atoms with E-state index < -0.39 is 0 Å². The zero-order valence-corrected chi connectivity index (χ0v) is 10.6. The third-order valence-electron chi connectivity index (χ3n) is 2.59. The highest BCUT2D eigenvalue weighted by atomic mass is 14.2. The van der Waals surface area contributed by atoms with Gasteiger partial charge in [0.05, 0.1) is 6.07 Å². The summed E-state index contributed by atoms with van der Waals surface area (Å²) >= 11 is 0. The molecule has 0 fully saturated rings. The summed E-state index contributed by atoms with van der Waals surface area (Å²) in [6.45, 7) is 2.18. The van der Waals surface area contributed by atoms with Crippen LogP contribution in [-0.2, 0) is 0 Å². The van der Waals surface area contributed by atoms with E-state index in [0.717, 1.165) is 12.8 Å². The normalized spacial score (nSPS) is 11.2. The van der Waals surface area contributed by atoms with Gasteiger partial charge in [-0.15, -0.1) is 0 Å². The van der Waals surface area contributed by atoms with Crippen molar-refractivity contribution >= 4 is 0 Å². The average molecular weight is 219 g/mol.